The first-order chi connectivity index (χ1) is 12.3. The molecule has 2 aromatic carbocycles. The lowest BCUT2D eigenvalue weighted by atomic mass is 9.97. The van der Waals surface area contributed by atoms with Gasteiger partial charge < -0.3 is 19.2 Å². The second-order valence-corrected chi connectivity index (χ2v) is 6.05. The van der Waals surface area contributed by atoms with E-state index in [2.05, 4.69) is 9.97 Å². The Morgan fingerprint density at radius 1 is 1.08 bits per heavy atom. The molecule has 1 fully saturated rings. The molecule has 0 spiro atoms. The molecule has 3 aromatic rings. The summed E-state index contributed by atoms with van der Waals surface area (Å²) in [7, 11) is 0. The number of aryl methyl sites for hydroxylation is 1. The maximum atomic E-state index is 6.02. The zero-order valence-corrected chi connectivity index (χ0v) is 14.1. The summed E-state index contributed by atoms with van der Waals surface area (Å²) in [5, 5.41) is 0. The van der Waals surface area contributed by atoms with Gasteiger partial charge in [-0.05, 0) is 42.8 Å². The van der Waals surface area contributed by atoms with E-state index >= 15 is 0 Å². The highest BCUT2D eigenvalue weighted by molar-refractivity contribution is 5.40. The van der Waals surface area contributed by atoms with E-state index in [1.165, 1.54) is 0 Å². The molecule has 0 unspecified atom stereocenters. The predicted molar refractivity (Wildman–Crippen MR) is 93.6 cm³/mol. The summed E-state index contributed by atoms with van der Waals surface area (Å²) in [6.45, 7) is 3.19. The Bertz CT molecular complexity index is 825. The van der Waals surface area contributed by atoms with Crippen LogP contribution in [0.1, 0.15) is 17.0 Å². The highest BCUT2D eigenvalue weighted by Gasteiger charge is 2.40. The van der Waals surface area contributed by atoms with Crippen LogP contribution in [-0.4, -0.2) is 23.2 Å². The zero-order valence-electron chi connectivity index (χ0n) is 14.1. The average Bonchev–Trinajstić information content (AvgIpc) is 3.29. The van der Waals surface area contributed by atoms with Crippen molar-refractivity contribution in [2.45, 2.75) is 19.1 Å². The van der Waals surface area contributed by atoms with Gasteiger partial charge in [-0.3, -0.25) is 0 Å². The Labute approximate surface area is 146 Å². The Hall–Kier alpha value is -2.63. The molecule has 0 saturated carbocycles. The molecule has 128 valence electrons. The highest BCUT2D eigenvalue weighted by atomic mass is 16.7. The van der Waals surface area contributed by atoms with Crippen LogP contribution in [0.15, 0.2) is 60.9 Å². The minimum atomic E-state index is -0.798. The second kappa shape index (κ2) is 6.70. The van der Waals surface area contributed by atoms with E-state index in [0.717, 1.165) is 28.5 Å². The summed E-state index contributed by atoms with van der Waals surface area (Å²) in [6, 6.07) is 15.7. The Balaban J connectivity index is 1.62. The molecular formula is C20H20N2O3. The van der Waals surface area contributed by atoms with Gasteiger partial charge in [0.05, 0.1) is 19.6 Å². The highest BCUT2D eigenvalue weighted by Crippen LogP contribution is 2.37. The first kappa shape index (κ1) is 15.9. The molecule has 0 aliphatic carbocycles. The number of hydrogen-bond acceptors (Lipinski definition) is 4. The predicted octanol–water partition coefficient (Wildman–Crippen LogP) is 3.95. The SMILES string of the molecule is Cc1cc(Oc2ccccc2)ccc1C1(Cc2ncc[nH]2)OCCO1. The van der Waals surface area contributed by atoms with Gasteiger partial charge in [-0.2, -0.15) is 0 Å². The Morgan fingerprint density at radius 3 is 2.56 bits per heavy atom. The number of hydrogen-bond donors (Lipinski definition) is 1. The topological polar surface area (TPSA) is 56.4 Å². The summed E-state index contributed by atoms with van der Waals surface area (Å²) >= 11 is 0. The Morgan fingerprint density at radius 2 is 1.88 bits per heavy atom. The first-order valence-corrected chi connectivity index (χ1v) is 8.35. The number of aromatic nitrogens is 2. The van der Waals surface area contributed by atoms with Crippen molar-refractivity contribution in [2.75, 3.05) is 13.2 Å². The van der Waals surface area contributed by atoms with Gasteiger partial charge in [0.1, 0.15) is 17.3 Å². The number of ether oxygens (including phenoxy) is 3. The molecule has 1 N–H and O–H groups in total. The molecule has 0 bridgehead atoms. The number of rotatable bonds is 5. The number of nitrogens with zero attached hydrogens (tertiary/aromatic N) is 1. The number of imidazole rings is 1. The molecule has 0 amide bonds. The summed E-state index contributed by atoms with van der Waals surface area (Å²) in [5.74, 6) is 1.64. The van der Waals surface area contributed by atoms with E-state index < -0.39 is 5.79 Å². The minimum Gasteiger partial charge on any atom is -0.457 e. The van der Waals surface area contributed by atoms with Crippen molar-refractivity contribution in [2.24, 2.45) is 0 Å². The van der Waals surface area contributed by atoms with Crippen molar-refractivity contribution in [1.29, 1.82) is 0 Å². The molecule has 0 atom stereocenters. The molecular weight excluding hydrogens is 316 g/mol. The van der Waals surface area contributed by atoms with Crippen molar-refractivity contribution in [3.05, 3.63) is 77.9 Å². The molecule has 4 rings (SSSR count). The van der Waals surface area contributed by atoms with E-state index in [0.29, 0.717) is 19.6 Å². The van der Waals surface area contributed by atoms with Gasteiger partial charge >= 0.3 is 0 Å². The number of H-pyrrole nitrogens is 1. The Kier molecular flexibility index (Phi) is 4.26. The van der Waals surface area contributed by atoms with Crippen LogP contribution in [0.3, 0.4) is 0 Å². The van der Waals surface area contributed by atoms with Gasteiger partial charge in [0.25, 0.3) is 0 Å². The quantitative estimate of drug-likeness (QED) is 0.766. The van der Waals surface area contributed by atoms with Gasteiger partial charge in [0, 0.05) is 18.0 Å². The molecule has 5 nitrogen and oxygen atoms in total. The number of para-hydroxylation sites is 1. The van der Waals surface area contributed by atoms with E-state index in [4.69, 9.17) is 14.2 Å². The van der Waals surface area contributed by atoms with E-state index in [9.17, 15) is 0 Å². The van der Waals surface area contributed by atoms with Gasteiger partial charge in [-0.1, -0.05) is 18.2 Å². The standard InChI is InChI=1S/C20H20N2O3/c1-15-13-17(25-16-5-3-2-4-6-16)7-8-18(15)20(23-11-12-24-20)14-19-21-9-10-22-19/h2-10,13H,11-12,14H2,1H3,(H,21,22). The number of nitrogens with one attached hydrogen (secondary N) is 1. The maximum Gasteiger partial charge on any atom is 0.202 e. The summed E-state index contributed by atoms with van der Waals surface area (Å²) < 4.78 is 17.9. The summed E-state index contributed by atoms with van der Waals surface area (Å²) in [5.41, 5.74) is 2.06. The second-order valence-electron chi connectivity index (χ2n) is 6.05. The lowest BCUT2D eigenvalue weighted by molar-refractivity contribution is -0.166. The van der Waals surface area contributed by atoms with Crippen LogP contribution in [0.4, 0.5) is 0 Å². The van der Waals surface area contributed by atoms with E-state index in [1.54, 1.807) is 6.20 Å². The molecule has 2 heterocycles. The molecule has 25 heavy (non-hydrogen) atoms. The van der Waals surface area contributed by atoms with Crippen LogP contribution >= 0.6 is 0 Å². The molecule has 5 heteroatoms. The summed E-state index contributed by atoms with van der Waals surface area (Å²) in [4.78, 5) is 7.44. The van der Waals surface area contributed by atoms with Crippen molar-refractivity contribution in [3.63, 3.8) is 0 Å². The van der Waals surface area contributed by atoms with Crippen LogP contribution in [0.25, 0.3) is 0 Å². The molecule has 1 aromatic heterocycles. The third kappa shape index (κ3) is 3.29. The smallest absolute Gasteiger partial charge is 0.202 e. The van der Waals surface area contributed by atoms with Crippen LogP contribution < -0.4 is 4.74 Å². The van der Waals surface area contributed by atoms with Gasteiger partial charge in [0.2, 0.25) is 5.79 Å². The summed E-state index contributed by atoms with van der Waals surface area (Å²) in [6.07, 6.45) is 4.09. The van der Waals surface area contributed by atoms with Crippen molar-refractivity contribution in [1.82, 2.24) is 9.97 Å². The van der Waals surface area contributed by atoms with Gasteiger partial charge in [0.15, 0.2) is 0 Å². The first-order valence-electron chi connectivity index (χ1n) is 8.35. The fourth-order valence-corrected chi connectivity index (χ4v) is 3.17. The molecule has 0 radical (unpaired) electrons. The number of benzene rings is 2. The van der Waals surface area contributed by atoms with Crippen LogP contribution in [0, 0.1) is 6.92 Å². The largest absolute Gasteiger partial charge is 0.457 e. The lowest BCUT2D eigenvalue weighted by Crippen LogP contribution is -2.31. The third-order valence-electron chi connectivity index (χ3n) is 4.30. The molecule has 1 aliphatic rings. The van der Waals surface area contributed by atoms with E-state index in [-0.39, 0.29) is 0 Å². The zero-order chi connectivity index (χ0) is 17.1. The molecule has 1 aliphatic heterocycles. The van der Waals surface area contributed by atoms with Crippen molar-refractivity contribution in [3.8, 4) is 11.5 Å². The number of aromatic amines is 1. The fraction of sp³-hybridized carbons (Fsp3) is 0.250. The monoisotopic (exact) mass is 336 g/mol. The van der Waals surface area contributed by atoms with Gasteiger partial charge in [-0.25, -0.2) is 4.98 Å². The van der Waals surface area contributed by atoms with Gasteiger partial charge in [-0.15, -0.1) is 0 Å². The third-order valence-corrected chi connectivity index (χ3v) is 4.30. The van der Waals surface area contributed by atoms with E-state index in [1.807, 2.05) is 61.7 Å². The van der Waals surface area contributed by atoms with Crippen LogP contribution in [0.5, 0.6) is 11.5 Å². The fourth-order valence-electron chi connectivity index (χ4n) is 3.17. The van der Waals surface area contributed by atoms with Crippen LogP contribution in [-0.2, 0) is 21.7 Å². The minimum absolute atomic E-state index is 0.541. The molecule has 1 saturated heterocycles. The lowest BCUT2D eigenvalue weighted by Gasteiger charge is -2.28. The normalized spacial score (nSPS) is 16.0. The maximum absolute atomic E-state index is 6.02. The average molecular weight is 336 g/mol. The van der Waals surface area contributed by atoms with Crippen LogP contribution in [0.2, 0.25) is 0 Å². The van der Waals surface area contributed by atoms with Crippen molar-refractivity contribution < 1.29 is 14.2 Å². The van der Waals surface area contributed by atoms with Crippen molar-refractivity contribution >= 4 is 0 Å².